The summed E-state index contributed by atoms with van der Waals surface area (Å²) in [7, 11) is 0. The minimum atomic E-state index is -1.67. The molecule has 0 saturated carbocycles. The van der Waals surface area contributed by atoms with Crippen molar-refractivity contribution in [3.63, 3.8) is 0 Å². The topological polar surface area (TPSA) is 298 Å². The van der Waals surface area contributed by atoms with E-state index in [1.54, 1.807) is 38.1 Å². The molecule has 1 aromatic carbocycles. The third-order valence-electron chi connectivity index (χ3n) is 12.8. The number of esters is 1. The molecule has 0 spiro atoms. The molecule has 1 aliphatic heterocycles. The Morgan fingerprint density at radius 3 is 1.94 bits per heavy atom. The number of rotatable bonds is 38. The first-order valence-corrected chi connectivity index (χ1v) is 26.3. The first-order valence-electron chi connectivity index (χ1n) is 26.3. The number of alkyl carbamates (subject to hydrolysis) is 1. The Balaban J connectivity index is 2.02. The van der Waals surface area contributed by atoms with Crippen LogP contribution < -0.4 is 27.2 Å². The molecule has 11 N–H and O–H groups in total. The molecular weight excluding hydrogens is 919 g/mol. The van der Waals surface area contributed by atoms with E-state index in [4.69, 9.17) is 24.8 Å². The van der Waals surface area contributed by atoms with Gasteiger partial charge in [0.15, 0.2) is 12.1 Å². The van der Waals surface area contributed by atoms with Crippen molar-refractivity contribution in [2.45, 2.75) is 213 Å². The lowest BCUT2D eigenvalue weighted by atomic mass is 9.89. The summed E-state index contributed by atoms with van der Waals surface area (Å²) in [6.45, 7) is 10.9. The molecule has 1 saturated heterocycles. The number of hydrazine groups is 1. The van der Waals surface area contributed by atoms with Gasteiger partial charge in [-0.05, 0) is 54.7 Å². The number of anilines is 1. The molecule has 2 unspecified atom stereocenters. The molecule has 0 aromatic heterocycles. The summed E-state index contributed by atoms with van der Waals surface area (Å²) in [6.07, 6.45) is 5.82. The molecule has 3 amide bonds. The van der Waals surface area contributed by atoms with E-state index in [2.05, 4.69) is 28.3 Å². The van der Waals surface area contributed by atoms with Crippen LogP contribution in [0.1, 0.15) is 163 Å². The number of aliphatic hydroxyl groups is 5. The maximum absolute atomic E-state index is 13.6. The fourth-order valence-electron chi connectivity index (χ4n) is 8.33. The lowest BCUT2D eigenvalue weighted by Crippen LogP contribution is -2.60. The standard InChI is InChI=1S/C52H91N5O14/c1-7-8-9-10-11-12-13-14-15-16-17-18-20-36(6)46(62)40(33-69-51-49(65)48(64)47(63)42(30-58)71-51)56-52(67)70-32-37-22-24-39(25-23-37)55-50(66)38(21-19-28-54-53)29-41(59)45(35(4)5)57-43(60)26-27-44(61)68-31-34(2)3/h22-25,34-36,38,40,42,45-49,51,54,58,62-65H,7-21,26-33,53H2,1-6H3,(H,55,66)(H,56,67)(H,57,60)/t36-,38-,40+,42?,45+,46-,47+,48+,49?,51+/m1/s1. The Morgan fingerprint density at radius 1 is 0.746 bits per heavy atom. The summed E-state index contributed by atoms with van der Waals surface area (Å²) in [4.78, 5) is 65.3. The number of unbranched alkanes of at least 4 members (excludes halogenated alkanes) is 11. The maximum Gasteiger partial charge on any atom is 0.407 e. The molecule has 1 aliphatic rings. The monoisotopic (exact) mass is 1010 g/mol. The highest BCUT2D eigenvalue weighted by Crippen LogP contribution is 2.25. The van der Waals surface area contributed by atoms with Crippen LogP contribution in [-0.2, 0) is 44.7 Å². The number of benzene rings is 1. The van der Waals surface area contributed by atoms with Gasteiger partial charge in [0.25, 0.3) is 0 Å². The molecule has 10 atom stereocenters. The van der Waals surface area contributed by atoms with Crippen molar-refractivity contribution in [2.75, 3.05) is 31.7 Å². The van der Waals surface area contributed by atoms with Crippen molar-refractivity contribution in [1.29, 1.82) is 0 Å². The maximum atomic E-state index is 13.6. The highest BCUT2D eigenvalue weighted by atomic mass is 16.7. The third-order valence-corrected chi connectivity index (χ3v) is 12.8. The van der Waals surface area contributed by atoms with Crippen LogP contribution in [0.25, 0.3) is 0 Å². The van der Waals surface area contributed by atoms with Gasteiger partial charge in [-0.15, -0.1) is 0 Å². The molecule has 0 aliphatic carbocycles. The van der Waals surface area contributed by atoms with Crippen molar-refractivity contribution in [3.8, 4) is 0 Å². The lowest BCUT2D eigenvalue weighted by Gasteiger charge is -2.40. The van der Waals surface area contributed by atoms with Crippen LogP contribution in [0, 0.1) is 23.7 Å². The van der Waals surface area contributed by atoms with E-state index in [1.165, 1.54) is 51.4 Å². The highest BCUT2D eigenvalue weighted by Gasteiger charge is 2.44. The Bertz CT molecular complexity index is 1650. The molecule has 19 nitrogen and oxygen atoms in total. The molecule has 71 heavy (non-hydrogen) atoms. The van der Waals surface area contributed by atoms with Crippen molar-refractivity contribution in [2.24, 2.45) is 29.5 Å². The van der Waals surface area contributed by atoms with E-state index in [9.17, 15) is 49.5 Å². The van der Waals surface area contributed by atoms with Crippen LogP contribution >= 0.6 is 0 Å². The van der Waals surface area contributed by atoms with Crippen LogP contribution in [0.15, 0.2) is 24.3 Å². The molecule has 1 aromatic rings. The molecule has 0 radical (unpaired) electrons. The SMILES string of the molecule is CCCCCCCCCCCCCC[C@@H](C)[C@@H](O)[C@H](CO[C@H]1OC(CO)[C@H](O)[C@H](O)C1O)NC(=O)OCc1ccc(NC(=O)[C@H](CCCNN)CC(=O)[C@@H](NC(=O)CCC(=O)OCC(C)C)C(C)C)cc1. The summed E-state index contributed by atoms with van der Waals surface area (Å²) in [5.74, 6) is 2.60. The fraction of sp³-hybridized carbons (Fsp3) is 0.788. The van der Waals surface area contributed by atoms with Crippen molar-refractivity contribution in [3.05, 3.63) is 29.8 Å². The van der Waals surface area contributed by atoms with Crippen LogP contribution in [0.2, 0.25) is 0 Å². The zero-order chi connectivity index (χ0) is 52.7. The van der Waals surface area contributed by atoms with Gasteiger partial charge in [0, 0.05) is 31.0 Å². The van der Waals surface area contributed by atoms with Gasteiger partial charge in [-0.1, -0.05) is 131 Å². The van der Waals surface area contributed by atoms with Gasteiger partial charge in [-0.2, -0.15) is 0 Å². The van der Waals surface area contributed by atoms with Gasteiger partial charge in [0.05, 0.1) is 44.4 Å². The van der Waals surface area contributed by atoms with Gasteiger partial charge in [0.1, 0.15) is 31.0 Å². The van der Waals surface area contributed by atoms with Gasteiger partial charge >= 0.3 is 12.1 Å². The lowest BCUT2D eigenvalue weighted by molar-refractivity contribution is -0.303. The molecular formula is C52H91N5O14. The predicted octanol–water partition coefficient (Wildman–Crippen LogP) is 5.06. The largest absolute Gasteiger partial charge is 0.465 e. The average Bonchev–Trinajstić information content (AvgIpc) is 3.34. The number of hydrogen-bond donors (Lipinski definition) is 10. The van der Waals surface area contributed by atoms with Crippen LogP contribution in [0.5, 0.6) is 0 Å². The van der Waals surface area contributed by atoms with E-state index in [-0.39, 0.29) is 62.6 Å². The summed E-state index contributed by atoms with van der Waals surface area (Å²) >= 11 is 0. The number of ketones is 1. The quantitative estimate of drug-likeness (QED) is 0.0179. The van der Waals surface area contributed by atoms with Crippen molar-refractivity contribution in [1.82, 2.24) is 16.1 Å². The number of carbonyl (C=O) groups excluding carboxylic acids is 5. The second-order valence-electron chi connectivity index (χ2n) is 20.0. The molecule has 1 heterocycles. The Morgan fingerprint density at radius 2 is 1.37 bits per heavy atom. The number of ether oxygens (including phenoxy) is 4. The van der Waals surface area contributed by atoms with E-state index >= 15 is 0 Å². The second kappa shape index (κ2) is 36.2. The summed E-state index contributed by atoms with van der Waals surface area (Å²) < 4.78 is 21.9. The normalized spacial score (nSPS) is 20.2. The number of nitrogens with two attached hydrogens (primary N) is 1. The second-order valence-corrected chi connectivity index (χ2v) is 20.0. The number of nitrogens with one attached hydrogen (secondary N) is 4. The molecule has 408 valence electrons. The zero-order valence-corrected chi connectivity index (χ0v) is 43.5. The van der Waals surface area contributed by atoms with Crippen LogP contribution in [-0.4, -0.2) is 130 Å². The molecule has 0 bridgehead atoms. The van der Waals surface area contributed by atoms with Gasteiger partial charge in [0.2, 0.25) is 11.8 Å². The minimum Gasteiger partial charge on any atom is -0.465 e. The van der Waals surface area contributed by atoms with Gasteiger partial charge in [-0.25, -0.2) is 4.79 Å². The Hall–Kier alpha value is -3.79. The number of hydrogen-bond acceptors (Lipinski definition) is 16. The number of amides is 3. The third kappa shape index (κ3) is 25.6. The summed E-state index contributed by atoms with van der Waals surface area (Å²) in [5.41, 5.74) is 3.55. The van der Waals surface area contributed by atoms with Crippen LogP contribution in [0.4, 0.5) is 10.5 Å². The van der Waals surface area contributed by atoms with E-state index in [0.717, 1.165) is 25.7 Å². The zero-order valence-electron chi connectivity index (χ0n) is 43.5. The summed E-state index contributed by atoms with van der Waals surface area (Å²) in [6, 6.07) is 4.62. The minimum absolute atomic E-state index is 0.122. The smallest absolute Gasteiger partial charge is 0.407 e. The highest BCUT2D eigenvalue weighted by molar-refractivity contribution is 5.97. The number of Topliss-reactive ketones (excluding diaryl/α,β-unsaturated/α-hetero) is 1. The van der Waals surface area contributed by atoms with Gasteiger partial charge < -0.3 is 60.4 Å². The van der Waals surface area contributed by atoms with E-state index in [0.29, 0.717) is 37.1 Å². The number of aliphatic hydroxyl groups excluding tert-OH is 5. The molecule has 2 rings (SSSR count). The first kappa shape index (κ1) is 63.3. The Kier molecular flexibility index (Phi) is 32.3. The number of carbonyl (C=O) groups is 5. The predicted molar refractivity (Wildman–Crippen MR) is 269 cm³/mol. The van der Waals surface area contributed by atoms with Crippen LogP contribution in [0.3, 0.4) is 0 Å². The van der Waals surface area contributed by atoms with Gasteiger partial charge in [-0.3, -0.25) is 30.4 Å². The molecule has 1 fully saturated rings. The molecule has 19 heteroatoms. The van der Waals surface area contributed by atoms with E-state index < -0.39 is 85.3 Å². The van der Waals surface area contributed by atoms with Crippen molar-refractivity contribution < 1.29 is 68.5 Å². The first-order chi connectivity index (χ1) is 33.9. The van der Waals surface area contributed by atoms with Crippen molar-refractivity contribution >= 4 is 35.3 Å². The average molecular weight is 1010 g/mol. The Labute approximate surface area is 422 Å². The summed E-state index contributed by atoms with van der Waals surface area (Å²) in [5, 5.41) is 60.5. The fourth-order valence-corrected chi connectivity index (χ4v) is 8.33. The van der Waals surface area contributed by atoms with E-state index in [1.807, 2.05) is 20.8 Å².